The van der Waals surface area contributed by atoms with E-state index in [1.165, 1.54) is 0 Å². The predicted molar refractivity (Wildman–Crippen MR) is 92.0 cm³/mol. The van der Waals surface area contributed by atoms with Crippen molar-refractivity contribution in [3.63, 3.8) is 0 Å². The molecule has 118 valence electrons. The number of para-hydroxylation sites is 1. The summed E-state index contributed by atoms with van der Waals surface area (Å²) in [5.74, 6) is 2.00. The van der Waals surface area contributed by atoms with E-state index in [1.54, 1.807) is 19.4 Å². The zero-order valence-corrected chi connectivity index (χ0v) is 13.4. The first kappa shape index (κ1) is 15.0. The number of hydrogen-bond donors (Lipinski definition) is 1. The lowest BCUT2D eigenvalue weighted by Gasteiger charge is -2.15. The summed E-state index contributed by atoms with van der Waals surface area (Å²) >= 11 is 0. The molecule has 0 aliphatic heterocycles. The van der Waals surface area contributed by atoms with E-state index in [2.05, 4.69) is 32.4 Å². The van der Waals surface area contributed by atoms with Crippen LogP contribution in [0.1, 0.15) is 5.56 Å². The first-order valence-electron chi connectivity index (χ1n) is 7.34. The summed E-state index contributed by atoms with van der Waals surface area (Å²) in [7, 11) is 5.56. The summed E-state index contributed by atoms with van der Waals surface area (Å²) in [4.78, 5) is 15.1. The van der Waals surface area contributed by atoms with Crippen molar-refractivity contribution in [1.29, 1.82) is 0 Å². The van der Waals surface area contributed by atoms with Gasteiger partial charge in [0.15, 0.2) is 0 Å². The van der Waals surface area contributed by atoms with Crippen LogP contribution in [0, 0.1) is 0 Å². The third kappa shape index (κ3) is 3.31. The Morgan fingerprint density at radius 2 is 1.96 bits per heavy atom. The van der Waals surface area contributed by atoms with Gasteiger partial charge < -0.3 is 15.0 Å². The van der Waals surface area contributed by atoms with Crippen LogP contribution in [0.2, 0.25) is 0 Å². The average Bonchev–Trinajstić information content (AvgIpc) is 2.59. The van der Waals surface area contributed by atoms with Crippen molar-refractivity contribution < 1.29 is 4.74 Å². The highest BCUT2D eigenvalue weighted by atomic mass is 16.5. The number of rotatable bonds is 5. The molecule has 2 heterocycles. The Labute approximate surface area is 135 Å². The van der Waals surface area contributed by atoms with Crippen LogP contribution in [0.15, 0.2) is 42.6 Å². The van der Waals surface area contributed by atoms with Crippen molar-refractivity contribution in [2.24, 2.45) is 0 Å². The van der Waals surface area contributed by atoms with Gasteiger partial charge in [0.25, 0.3) is 0 Å². The smallest absolute Gasteiger partial charge is 0.226 e. The second-order valence-electron chi connectivity index (χ2n) is 5.33. The molecule has 2 aromatic heterocycles. The molecule has 1 aromatic carbocycles. The first-order chi connectivity index (χ1) is 11.2. The molecule has 1 N–H and O–H groups in total. The number of pyridine rings is 1. The predicted octanol–water partition coefficient (Wildman–Crippen LogP) is 2.71. The van der Waals surface area contributed by atoms with Crippen LogP contribution in [0.5, 0.6) is 5.88 Å². The Kier molecular flexibility index (Phi) is 4.23. The maximum absolute atomic E-state index is 5.12. The zero-order chi connectivity index (χ0) is 16.2. The molecule has 0 amide bonds. The SMILES string of the molecule is COc1ccnc(NCc2cc(N(C)C)nc3ccccc23)n1. The highest BCUT2D eigenvalue weighted by Crippen LogP contribution is 2.22. The fourth-order valence-corrected chi connectivity index (χ4v) is 2.32. The van der Waals surface area contributed by atoms with Crippen LogP contribution >= 0.6 is 0 Å². The Hall–Kier alpha value is -2.89. The van der Waals surface area contributed by atoms with Crippen molar-refractivity contribution in [3.05, 3.63) is 48.2 Å². The third-order valence-corrected chi connectivity index (χ3v) is 3.52. The average molecular weight is 309 g/mol. The molecule has 3 rings (SSSR count). The fourth-order valence-electron chi connectivity index (χ4n) is 2.32. The maximum Gasteiger partial charge on any atom is 0.226 e. The molecule has 0 radical (unpaired) electrons. The van der Waals surface area contributed by atoms with Gasteiger partial charge in [-0.2, -0.15) is 4.98 Å². The largest absolute Gasteiger partial charge is 0.481 e. The highest BCUT2D eigenvalue weighted by Gasteiger charge is 2.08. The van der Waals surface area contributed by atoms with E-state index in [4.69, 9.17) is 4.74 Å². The third-order valence-electron chi connectivity index (χ3n) is 3.52. The molecule has 0 aliphatic rings. The van der Waals surface area contributed by atoms with Gasteiger partial charge in [-0.1, -0.05) is 18.2 Å². The van der Waals surface area contributed by atoms with Gasteiger partial charge in [0, 0.05) is 38.3 Å². The Balaban J connectivity index is 1.92. The molecule has 0 saturated carbocycles. The number of ether oxygens (including phenoxy) is 1. The van der Waals surface area contributed by atoms with Gasteiger partial charge in [0.2, 0.25) is 11.8 Å². The topological polar surface area (TPSA) is 63.2 Å². The van der Waals surface area contributed by atoms with E-state index in [1.807, 2.05) is 37.2 Å². The van der Waals surface area contributed by atoms with Gasteiger partial charge in [0.05, 0.1) is 12.6 Å². The molecular weight excluding hydrogens is 290 g/mol. The van der Waals surface area contributed by atoms with Crippen LogP contribution in [-0.2, 0) is 6.54 Å². The van der Waals surface area contributed by atoms with Gasteiger partial charge in [-0.15, -0.1) is 0 Å². The Morgan fingerprint density at radius 1 is 1.13 bits per heavy atom. The van der Waals surface area contributed by atoms with Crippen molar-refractivity contribution in [2.45, 2.75) is 6.54 Å². The van der Waals surface area contributed by atoms with E-state index in [-0.39, 0.29) is 0 Å². The van der Waals surface area contributed by atoms with E-state index >= 15 is 0 Å². The number of hydrogen-bond acceptors (Lipinski definition) is 6. The number of nitrogens with zero attached hydrogens (tertiary/aromatic N) is 4. The number of aromatic nitrogens is 3. The van der Waals surface area contributed by atoms with Crippen molar-refractivity contribution in [2.75, 3.05) is 31.4 Å². The molecule has 0 bridgehead atoms. The van der Waals surface area contributed by atoms with Crippen LogP contribution in [-0.4, -0.2) is 36.2 Å². The molecule has 3 aromatic rings. The number of benzene rings is 1. The van der Waals surface area contributed by atoms with Crippen LogP contribution in [0.3, 0.4) is 0 Å². The van der Waals surface area contributed by atoms with Gasteiger partial charge in [-0.3, -0.25) is 0 Å². The fraction of sp³-hybridized carbons (Fsp3) is 0.235. The number of fused-ring (bicyclic) bond motifs is 1. The molecule has 0 saturated heterocycles. The summed E-state index contributed by atoms with van der Waals surface area (Å²) in [6.45, 7) is 0.608. The summed E-state index contributed by atoms with van der Waals surface area (Å²) in [6, 6.07) is 11.9. The lowest BCUT2D eigenvalue weighted by atomic mass is 10.1. The van der Waals surface area contributed by atoms with E-state index in [0.717, 1.165) is 22.3 Å². The molecule has 0 aliphatic carbocycles. The number of nitrogens with one attached hydrogen (secondary N) is 1. The minimum Gasteiger partial charge on any atom is -0.481 e. The quantitative estimate of drug-likeness (QED) is 0.782. The minimum absolute atomic E-state index is 0.538. The summed E-state index contributed by atoms with van der Waals surface area (Å²) in [5.41, 5.74) is 2.12. The van der Waals surface area contributed by atoms with Crippen LogP contribution in [0.25, 0.3) is 10.9 Å². The number of methoxy groups -OCH3 is 1. The van der Waals surface area contributed by atoms with Crippen LogP contribution < -0.4 is 15.0 Å². The van der Waals surface area contributed by atoms with Gasteiger partial charge in [-0.25, -0.2) is 9.97 Å². The summed E-state index contributed by atoms with van der Waals surface area (Å²) in [5, 5.41) is 4.36. The van der Waals surface area contributed by atoms with Crippen molar-refractivity contribution in [3.8, 4) is 5.88 Å². The van der Waals surface area contributed by atoms with E-state index in [0.29, 0.717) is 18.4 Å². The molecule has 6 nitrogen and oxygen atoms in total. The lowest BCUT2D eigenvalue weighted by Crippen LogP contribution is -2.12. The lowest BCUT2D eigenvalue weighted by molar-refractivity contribution is 0.397. The van der Waals surface area contributed by atoms with Gasteiger partial charge in [0.1, 0.15) is 5.82 Å². The minimum atomic E-state index is 0.538. The summed E-state index contributed by atoms with van der Waals surface area (Å²) < 4.78 is 5.12. The second kappa shape index (κ2) is 6.48. The molecule has 6 heteroatoms. The molecule has 23 heavy (non-hydrogen) atoms. The number of anilines is 2. The van der Waals surface area contributed by atoms with Gasteiger partial charge >= 0.3 is 0 Å². The summed E-state index contributed by atoms with van der Waals surface area (Å²) in [6.07, 6.45) is 1.67. The molecular formula is C17H19N5O. The Morgan fingerprint density at radius 3 is 2.74 bits per heavy atom. The molecule has 0 unspecified atom stereocenters. The standard InChI is InChI=1S/C17H19N5O/c1-22(2)15-10-12(13-6-4-5-7-14(13)20-15)11-19-17-18-9-8-16(21-17)23-3/h4-10H,11H2,1-3H3,(H,18,19,21). The van der Waals surface area contributed by atoms with Gasteiger partial charge in [-0.05, 0) is 17.7 Å². The van der Waals surface area contributed by atoms with Crippen LogP contribution in [0.4, 0.5) is 11.8 Å². The monoisotopic (exact) mass is 309 g/mol. The first-order valence-corrected chi connectivity index (χ1v) is 7.34. The second-order valence-corrected chi connectivity index (χ2v) is 5.33. The van der Waals surface area contributed by atoms with Crippen molar-refractivity contribution in [1.82, 2.24) is 15.0 Å². The van der Waals surface area contributed by atoms with Crippen molar-refractivity contribution >= 4 is 22.7 Å². The molecule has 0 fully saturated rings. The van der Waals surface area contributed by atoms with E-state index in [9.17, 15) is 0 Å². The van der Waals surface area contributed by atoms with E-state index < -0.39 is 0 Å². The Bertz CT molecular complexity index is 819. The highest BCUT2D eigenvalue weighted by molar-refractivity contribution is 5.84. The normalized spacial score (nSPS) is 10.6. The molecule has 0 spiro atoms. The molecule has 0 atom stereocenters. The maximum atomic E-state index is 5.12. The zero-order valence-electron chi connectivity index (χ0n) is 13.4.